The van der Waals surface area contributed by atoms with Gasteiger partial charge >= 0.3 is 0 Å². The van der Waals surface area contributed by atoms with E-state index in [1.54, 1.807) is 30.3 Å². The van der Waals surface area contributed by atoms with E-state index in [9.17, 15) is 4.79 Å². The fraction of sp³-hybridized carbons (Fsp3) is 0.267. The van der Waals surface area contributed by atoms with Gasteiger partial charge in [0.05, 0.1) is 30.8 Å². The molecule has 0 spiro atoms. The molecule has 1 aromatic heterocycles. The summed E-state index contributed by atoms with van der Waals surface area (Å²) >= 11 is 0. The van der Waals surface area contributed by atoms with Gasteiger partial charge in [0.2, 0.25) is 0 Å². The molecule has 0 saturated heterocycles. The average Bonchev–Trinajstić information content (AvgIpc) is 2.91. The number of rotatable bonds is 9. The van der Waals surface area contributed by atoms with Crippen LogP contribution in [0.4, 0.5) is 0 Å². The lowest BCUT2D eigenvalue weighted by Gasteiger charge is -2.18. The summed E-state index contributed by atoms with van der Waals surface area (Å²) in [5.74, 6) is 2.24. The molecule has 3 aromatic carbocycles. The maximum Gasteiger partial charge on any atom is 0.282 e. The lowest BCUT2D eigenvalue weighted by Crippen LogP contribution is -2.21. The minimum atomic E-state index is -0.302. The van der Waals surface area contributed by atoms with Crippen molar-refractivity contribution < 1.29 is 14.2 Å². The summed E-state index contributed by atoms with van der Waals surface area (Å²) < 4.78 is 18.2. The second kappa shape index (κ2) is 11.6. The van der Waals surface area contributed by atoms with Gasteiger partial charge < -0.3 is 14.2 Å². The molecule has 4 rings (SSSR count). The first-order chi connectivity index (χ1) is 18.4. The van der Waals surface area contributed by atoms with Crippen LogP contribution in [0, 0.1) is 18.3 Å². The number of nitrogens with zero attached hydrogens (tertiary/aromatic N) is 4. The van der Waals surface area contributed by atoms with Crippen molar-refractivity contribution in [3.05, 3.63) is 81.6 Å². The molecule has 0 atom stereocenters. The van der Waals surface area contributed by atoms with Gasteiger partial charge in [0.1, 0.15) is 11.8 Å². The first-order valence-corrected chi connectivity index (χ1v) is 12.4. The largest absolute Gasteiger partial charge is 0.494 e. The van der Waals surface area contributed by atoms with Crippen molar-refractivity contribution in [3.63, 3.8) is 0 Å². The second-order valence-corrected chi connectivity index (χ2v) is 8.93. The number of fused-ring (bicyclic) bond motifs is 1. The highest BCUT2D eigenvalue weighted by molar-refractivity contribution is 5.86. The standard InChI is InChI=1S/C30H30N4O4/c1-6-37-27-16-20(4)24(17-23(27)19(2)3)29-33-25-12-8-7-11-22(25)30(35)34(29)32-18-21-10-9-13-26(36-5)28(21)38-15-14-31/h7-13,16-19H,6,15H2,1-5H3. The van der Waals surface area contributed by atoms with Crippen LogP contribution in [0.2, 0.25) is 0 Å². The summed E-state index contributed by atoms with van der Waals surface area (Å²) in [6.45, 7) is 8.51. The number of aryl methyl sites for hydroxylation is 1. The minimum Gasteiger partial charge on any atom is -0.494 e. The molecule has 0 amide bonds. The second-order valence-electron chi connectivity index (χ2n) is 8.93. The van der Waals surface area contributed by atoms with Crippen LogP contribution < -0.4 is 19.8 Å². The lowest BCUT2D eigenvalue weighted by molar-refractivity contribution is 0.329. The molecule has 8 heteroatoms. The molecule has 1 heterocycles. The van der Waals surface area contributed by atoms with Gasteiger partial charge in [-0.15, -0.1) is 0 Å². The van der Waals surface area contributed by atoms with E-state index in [1.807, 2.05) is 44.2 Å². The highest BCUT2D eigenvalue weighted by atomic mass is 16.5. The number of nitriles is 1. The van der Waals surface area contributed by atoms with Crippen molar-refractivity contribution >= 4 is 17.1 Å². The Labute approximate surface area is 221 Å². The smallest absolute Gasteiger partial charge is 0.282 e. The Hall–Kier alpha value is -4.64. The van der Waals surface area contributed by atoms with Crippen LogP contribution in [0.3, 0.4) is 0 Å². The molecule has 194 valence electrons. The van der Waals surface area contributed by atoms with Gasteiger partial charge in [0.15, 0.2) is 23.9 Å². The minimum absolute atomic E-state index is 0.159. The van der Waals surface area contributed by atoms with Gasteiger partial charge in [0, 0.05) is 11.1 Å². The van der Waals surface area contributed by atoms with Gasteiger partial charge in [-0.1, -0.05) is 32.0 Å². The van der Waals surface area contributed by atoms with E-state index >= 15 is 0 Å². The third-order valence-corrected chi connectivity index (χ3v) is 6.10. The molecule has 4 aromatic rings. The zero-order valence-electron chi connectivity index (χ0n) is 22.2. The summed E-state index contributed by atoms with van der Waals surface area (Å²) in [6, 6.07) is 18.5. The van der Waals surface area contributed by atoms with E-state index in [4.69, 9.17) is 24.5 Å². The predicted molar refractivity (Wildman–Crippen MR) is 149 cm³/mol. The third kappa shape index (κ3) is 5.23. The Morgan fingerprint density at radius 2 is 1.89 bits per heavy atom. The zero-order valence-corrected chi connectivity index (χ0v) is 22.2. The summed E-state index contributed by atoms with van der Waals surface area (Å²) in [4.78, 5) is 18.6. The molecule has 0 radical (unpaired) electrons. The van der Waals surface area contributed by atoms with Gasteiger partial charge in [-0.3, -0.25) is 4.79 Å². The summed E-state index contributed by atoms with van der Waals surface area (Å²) in [5, 5.41) is 14.1. The van der Waals surface area contributed by atoms with E-state index in [1.165, 1.54) is 18.0 Å². The van der Waals surface area contributed by atoms with Crippen LogP contribution in [0.25, 0.3) is 22.3 Å². The number of benzene rings is 3. The fourth-order valence-corrected chi connectivity index (χ4v) is 4.25. The Morgan fingerprint density at radius 3 is 2.61 bits per heavy atom. The van der Waals surface area contributed by atoms with Crippen LogP contribution in [0.5, 0.6) is 17.2 Å². The number of aromatic nitrogens is 2. The predicted octanol–water partition coefficient (Wildman–Crippen LogP) is 5.69. The van der Waals surface area contributed by atoms with E-state index in [0.717, 1.165) is 22.4 Å². The first-order valence-electron chi connectivity index (χ1n) is 12.4. The maximum absolute atomic E-state index is 13.7. The van der Waals surface area contributed by atoms with Crippen molar-refractivity contribution in [3.8, 4) is 34.7 Å². The molecule has 0 saturated carbocycles. The monoisotopic (exact) mass is 510 g/mol. The molecular formula is C30H30N4O4. The Kier molecular flexibility index (Phi) is 8.07. The quantitative estimate of drug-likeness (QED) is 0.268. The molecule has 0 fully saturated rings. The van der Waals surface area contributed by atoms with E-state index in [0.29, 0.717) is 40.4 Å². The topological polar surface area (TPSA) is 98.7 Å². The molecule has 0 aliphatic carbocycles. The van der Waals surface area contributed by atoms with Crippen LogP contribution in [0.1, 0.15) is 43.4 Å². The Morgan fingerprint density at radius 1 is 1.11 bits per heavy atom. The molecule has 38 heavy (non-hydrogen) atoms. The Balaban J connectivity index is 1.96. The van der Waals surface area contributed by atoms with Gasteiger partial charge in [-0.2, -0.15) is 15.0 Å². The number of ether oxygens (including phenoxy) is 3. The number of para-hydroxylation sites is 2. The summed E-state index contributed by atoms with van der Waals surface area (Å²) in [5.41, 5.74) is 3.54. The molecule has 0 bridgehead atoms. The molecular weight excluding hydrogens is 480 g/mol. The van der Waals surface area contributed by atoms with E-state index in [2.05, 4.69) is 18.9 Å². The third-order valence-electron chi connectivity index (χ3n) is 6.10. The normalized spacial score (nSPS) is 11.2. The van der Waals surface area contributed by atoms with Gasteiger partial charge in [0.25, 0.3) is 5.56 Å². The van der Waals surface area contributed by atoms with E-state index < -0.39 is 0 Å². The van der Waals surface area contributed by atoms with Crippen molar-refractivity contribution in [1.82, 2.24) is 9.66 Å². The Bertz CT molecular complexity index is 1600. The van der Waals surface area contributed by atoms with E-state index in [-0.39, 0.29) is 18.1 Å². The van der Waals surface area contributed by atoms with Crippen LogP contribution in [0.15, 0.2) is 64.5 Å². The maximum atomic E-state index is 13.7. The van der Waals surface area contributed by atoms with Gasteiger partial charge in [-0.25, -0.2) is 4.98 Å². The average molecular weight is 511 g/mol. The van der Waals surface area contributed by atoms with Crippen LogP contribution >= 0.6 is 0 Å². The highest BCUT2D eigenvalue weighted by Crippen LogP contribution is 2.34. The summed E-state index contributed by atoms with van der Waals surface area (Å²) in [6.07, 6.45) is 1.52. The fourth-order valence-electron chi connectivity index (χ4n) is 4.25. The number of methoxy groups -OCH3 is 1. The number of hydrogen-bond acceptors (Lipinski definition) is 7. The molecule has 0 aliphatic rings. The SMILES string of the molecule is CCOc1cc(C)c(-c2nc3ccccc3c(=O)n2N=Cc2cccc(OC)c2OCC#N)cc1C(C)C. The van der Waals surface area contributed by atoms with Crippen LogP contribution in [-0.2, 0) is 0 Å². The molecule has 0 N–H and O–H groups in total. The number of hydrogen-bond donors (Lipinski definition) is 0. The molecule has 0 aliphatic heterocycles. The molecule has 8 nitrogen and oxygen atoms in total. The molecule has 0 unspecified atom stereocenters. The zero-order chi connectivity index (χ0) is 27.2. The van der Waals surface area contributed by atoms with Crippen molar-refractivity contribution in [1.29, 1.82) is 5.26 Å². The van der Waals surface area contributed by atoms with Crippen LogP contribution in [-0.4, -0.2) is 36.2 Å². The van der Waals surface area contributed by atoms with Gasteiger partial charge in [-0.05, 0) is 67.3 Å². The van der Waals surface area contributed by atoms with Crippen molar-refractivity contribution in [2.75, 3.05) is 20.3 Å². The lowest BCUT2D eigenvalue weighted by atomic mass is 9.96. The first kappa shape index (κ1) is 26.4. The van der Waals surface area contributed by atoms with Crippen molar-refractivity contribution in [2.45, 2.75) is 33.6 Å². The van der Waals surface area contributed by atoms with Crippen molar-refractivity contribution in [2.24, 2.45) is 5.10 Å². The summed E-state index contributed by atoms with van der Waals surface area (Å²) in [7, 11) is 1.52. The highest BCUT2D eigenvalue weighted by Gasteiger charge is 2.19.